The molecule has 1 rings (SSSR count). The Labute approximate surface area is 102 Å². The molecule has 5 heteroatoms. The number of nitrogens with two attached hydrogens (primary N) is 1. The molecule has 1 amide bonds. The Morgan fingerprint density at radius 3 is 2.35 bits per heavy atom. The monoisotopic (exact) mass is 242 g/mol. The minimum Gasteiger partial charge on any atom is -0.481 e. The third kappa shape index (κ3) is 3.43. The van der Waals surface area contributed by atoms with Crippen molar-refractivity contribution in [1.82, 2.24) is 5.32 Å². The van der Waals surface area contributed by atoms with Crippen LogP contribution >= 0.6 is 0 Å². The van der Waals surface area contributed by atoms with Crippen molar-refractivity contribution in [3.63, 3.8) is 0 Å². The fourth-order valence-electron chi connectivity index (χ4n) is 1.87. The average Bonchev–Trinajstić information content (AvgIpc) is 2.99. The molecule has 4 N–H and O–H groups in total. The molecule has 0 aromatic heterocycles. The van der Waals surface area contributed by atoms with Crippen molar-refractivity contribution in [2.75, 3.05) is 6.54 Å². The fourth-order valence-corrected chi connectivity index (χ4v) is 1.87. The van der Waals surface area contributed by atoms with Crippen molar-refractivity contribution < 1.29 is 14.7 Å². The summed E-state index contributed by atoms with van der Waals surface area (Å²) in [5.74, 6) is -1.46. The standard InChI is InChI=1S/C12H22N2O3/c1-7(2)9(10(15)16)6-14-11(17)12(3,13)8-4-5-8/h7-9H,4-6,13H2,1-3H3,(H,14,17)(H,15,16). The molecule has 2 atom stereocenters. The van der Waals surface area contributed by atoms with Crippen molar-refractivity contribution >= 4 is 11.9 Å². The quantitative estimate of drug-likeness (QED) is 0.635. The summed E-state index contributed by atoms with van der Waals surface area (Å²) < 4.78 is 0. The van der Waals surface area contributed by atoms with Crippen LogP contribution in [0.5, 0.6) is 0 Å². The van der Waals surface area contributed by atoms with Crippen LogP contribution in [0.4, 0.5) is 0 Å². The van der Waals surface area contributed by atoms with Crippen molar-refractivity contribution in [2.24, 2.45) is 23.5 Å². The summed E-state index contributed by atoms with van der Waals surface area (Å²) in [5.41, 5.74) is 5.08. The normalized spacial score (nSPS) is 20.8. The predicted octanol–water partition coefficient (Wildman–Crippen LogP) is 0.587. The van der Waals surface area contributed by atoms with Crippen LogP contribution in [-0.4, -0.2) is 29.1 Å². The van der Waals surface area contributed by atoms with Gasteiger partial charge in [-0.15, -0.1) is 0 Å². The molecule has 1 saturated carbocycles. The van der Waals surface area contributed by atoms with Gasteiger partial charge in [-0.1, -0.05) is 13.8 Å². The maximum Gasteiger partial charge on any atom is 0.308 e. The van der Waals surface area contributed by atoms with E-state index in [1.165, 1.54) is 0 Å². The first kappa shape index (κ1) is 14.0. The van der Waals surface area contributed by atoms with Crippen molar-refractivity contribution in [3.8, 4) is 0 Å². The lowest BCUT2D eigenvalue weighted by molar-refractivity contribution is -0.143. The van der Waals surface area contributed by atoms with Gasteiger partial charge in [0, 0.05) is 6.54 Å². The number of hydrogen-bond acceptors (Lipinski definition) is 3. The SMILES string of the molecule is CC(C)C(CNC(=O)C(C)(N)C1CC1)C(=O)O. The van der Waals surface area contributed by atoms with Crippen molar-refractivity contribution in [2.45, 2.75) is 39.2 Å². The summed E-state index contributed by atoms with van der Waals surface area (Å²) >= 11 is 0. The lowest BCUT2D eigenvalue weighted by atomic mass is 9.93. The smallest absolute Gasteiger partial charge is 0.308 e. The average molecular weight is 242 g/mol. The number of nitrogens with one attached hydrogen (secondary N) is 1. The van der Waals surface area contributed by atoms with Crippen LogP contribution in [0.25, 0.3) is 0 Å². The zero-order valence-electron chi connectivity index (χ0n) is 10.7. The fraction of sp³-hybridized carbons (Fsp3) is 0.833. The molecule has 0 bridgehead atoms. The molecular weight excluding hydrogens is 220 g/mol. The Morgan fingerprint density at radius 2 is 2.00 bits per heavy atom. The van der Waals surface area contributed by atoms with E-state index in [4.69, 9.17) is 10.8 Å². The Kier molecular flexibility index (Phi) is 4.14. The first-order valence-electron chi connectivity index (χ1n) is 6.06. The summed E-state index contributed by atoms with van der Waals surface area (Å²) in [7, 11) is 0. The van der Waals surface area contributed by atoms with Crippen LogP contribution in [0.15, 0.2) is 0 Å². The number of amides is 1. The molecule has 1 aliphatic carbocycles. The van der Waals surface area contributed by atoms with Gasteiger partial charge < -0.3 is 16.2 Å². The van der Waals surface area contributed by atoms with Gasteiger partial charge >= 0.3 is 5.97 Å². The molecule has 5 nitrogen and oxygen atoms in total. The maximum atomic E-state index is 11.9. The molecule has 1 fully saturated rings. The number of hydrogen-bond donors (Lipinski definition) is 3. The zero-order chi connectivity index (χ0) is 13.2. The van der Waals surface area contributed by atoms with Crippen LogP contribution in [0.1, 0.15) is 33.6 Å². The maximum absolute atomic E-state index is 11.9. The van der Waals surface area contributed by atoms with E-state index in [1.54, 1.807) is 6.92 Å². The molecule has 0 spiro atoms. The van der Waals surface area contributed by atoms with E-state index < -0.39 is 17.4 Å². The highest BCUT2D eigenvalue weighted by Crippen LogP contribution is 2.38. The Morgan fingerprint density at radius 1 is 1.47 bits per heavy atom. The minimum atomic E-state index is -0.884. The molecule has 2 unspecified atom stereocenters. The largest absolute Gasteiger partial charge is 0.481 e. The second-order valence-electron chi connectivity index (χ2n) is 5.46. The van der Waals surface area contributed by atoms with Gasteiger partial charge in [0.15, 0.2) is 0 Å². The Balaban J connectivity index is 2.49. The molecule has 17 heavy (non-hydrogen) atoms. The number of rotatable bonds is 6. The second kappa shape index (κ2) is 5.04. The van der Waals surface area contributed by atoms with E-state index in [1.807, 2.05) is 13.8 Å². The summed E-state index contributed by atoms with van der Waals surface area (Å²) in [5, 5.41) is 11.7. The van der Waals surface area contributed by atoms with Gasteiger partial charge in [0.1, 0.15) is 0 Å². The van der Waals surface area contributed by atoms with Crippen LogP contribution in [-0.2, 0) is 9.59 Å². The highest BCUT2D eigenvalue weighted by molar-refractivity contribution is 5.86. The van der Waals surface area contributed by atoms with Gasteiger partial charge in [0.05, 0.1) is 11.5 Å². The number of aliphatic carboxylic acids is 1. The predicted molar refractivity (Wildman–Crippen MR) is 64.3 cm³/mol. The summed E-state index contributed by atoms with van der Waals surface area (Å²) in [4.78, 5) is 22.8. The van der Waals surface area contributed by atoms with Crippen LogP contribution < -0.4 is 11.1 Å². The molecular formula is C12H22N2O3. The Hall–Kier alpha value is -1.10. The van der Waals surface area contributed by atoms with Crippen LogP contribution in [0, 0.1) is 17.8 Å². The summed E-state index contributed by atoms with van der Waals surface area (Å²) in [6.07, 6.45) is 1.96. The number of carboxylic acids is 1. The van der Waals surface area contributed by atoms with Gasteiger partial charge in [-0.2, -0.15) is 0 Å². The van der Waals surface area contributed by atoms with Gasteiger partial charge in [0.25, 0.3) is 0 Å². The Bertz CT molecular complexity index is 309. The molecule has 0 radical (unpaired) electrons. The van der Waals surface area contributed by atoms with E-state index in [9.17, 15) is 9.59 Å². The minimum absolute atomic E-state index is 0.0160. The highest BCUT2D eigenvalue weighted by atomic mass is 16.4. The topological polar surface area (TPSA) is 92.4 Å². The highest BCUT2D eigenvalue weighted by Gasteiger charge is 2.44. The van der Waals surface area contributed by atoms with Gasteiger partial charge in [-0.25, -0.2) is 0 Å². The van der Waals surface area contributed by atoms with Gasteiger partial charge in [-0.3, -0.25) is 9.59 Å². The lowest BCUT2D eigenvalue weighted by Gasteiger charge is -2.25. The number of carboxylic acid groups (broad SMARTS) is 1. The zero-order valence-corrected chi connectivity index (χ0v) is 10.7. The van der Waals surface area contributed by atoms with E-state index in [-0.39, 0.29) is 24.3 Å². The molecule has 0 saturated heterocycles. The van der Waals surface area contributed by atoms with Crippen molar-refractivity contribution in [3.05, 3.63) is 0 Å². The molecule has 0 aromatic carbocycles. The summed E-state index contributed by atoms with van der Waals surface area (Å²) in [6, 6.07) is 0. The molecule has 98 valence electrons. The second-order valence-corrected chi connectivity index (χ2v) is 5.46. The molecule has 0 aliphatic heterocycles. The van der Waals surface area contributed by atoms with E-state index >= 15 is 0 Å². The van der Waals surface area contributed by atoms with Gasteiger partial charge in [0.2, 0.25) is 5.91 Å². The van der Waals surface area contributed by atoms with E-state index in [2.05, 4.69) is 5.32 Å². The van der Waals surface area contributed by atoms with E-state index in [0.717, 1.165) is 12.8 Å². The lowest BCUT2D eigenvalue weighted by Crippen LogP contribution is -2.54. The number of carbonyl (C=O) groups is 2. The first-order chi connectivity index (χ1) is 7.76. The molecule has 0 aromatic rings. The van der Waals surface area contributed by atoms with Crippen molar-refractivity contribution in [1.29, 1.82) is 0 Å². The van der Waals surface area contributed by atoms with Crippen LogP contribution in [0.3, 0.4) is 0 Å². The third-order valence-electron chi connectivity index (χ3n) is 3.52. The molecule has 0 heterocycles. The van der Waals surface area contributed by atoms with E-state index in [0.29, 0.717) is 0 Å². The third-order valence-corrected chi connectivity index (χ3v) is 3.52. The number of carbonyl (C=O) groups excluding carboxylic acids is 1. The first-order valence-corrected chi connectivity index (χ1v) is 6.06. The van der Waals surface area contributed by atoms with Gasteiger partial charge in [-0.05, 0) is 31.6 Å². The van der Waals surface area contributed by atoms with Crippen LogP contribution in [0.2, 0.25) is 0 Å². The summed E-state index contributed by atoms with van der Waals surface area (Å²) in [6.45, 7) is 5.51. The molecule has 1 aliphatic rings.